The third kappa shape index (κ3) is 4.01. The molecule has 0 aliphatic carbocycles. The third-order valence-electron chi connectivity index (χ3n) is 2.01. The summed E-state index contributed by atoms with van der Waals surface area (Å²) in [5.74, 6) is 0.507. The van der Waals surface area contributed by atoms with Gasteiger partial charge < -0.3 is 11.1 Å². The van der Waals surface area contributed by atoms with Gasteiger partial charge in [0.1, 0.15) is 0 Å². The zero-order valence-electron chi connectivity index (χ0n) is 9.57. The van der Waals surface area contributed by atoms with E-state index in [0.29, 0.717) is 18.5 Å². The lowest BCUT2D eigenvalue weighted by molar-refractivity contribution is 0.699. The number of rotatable bonds is 4. The highest BCUT2D eigenvalue weighted by atomic mass is 15.3. The average Bonchev–Trinajstić information content (AvgIpc) is 2.50. The predicted octanol–water partition coefficient (Wildman–Crippen LogP) is 0.275. The van der Waals surface area contributed by atoms with E-state index >= 15 is 0 Å². The molecule has 0 bridgehead atoms. The van der Waals surface area contributed by atoms with Gasteiger partial charge in [-0.3, -0.25) is 9.67 Å². The van der Waals surface area contributed by atoms with E-state index in [1.165, 1.54) is 0 Å². The Bertz CT molecular complexity index is 326. The molecule has 84 valence electrons. The Balaban J connectivity index is 2.35. The number of hydrogen-bond acceptors (Lipinski definition) is 2. The Morgan fingerprint density at radius 3 is 2.93 bits per heavy atom. The van der Waals surface area contributed by atoms with Crippen LogP contribution in [-0.2, 0) is 13.5 Å². The second-order valence-electron chi connectivity index (χ2n) is 3.76. The Morgan fingerprint density at radius 2 is 2.40 bits per heavy atom. The summed E-state index contributed by atoms with van der Waals surface area (Å²) >= 11 is 0. The lowest BCUT2D eigenvalue weighted by Gasteiger charge is -2.08. The number of nitrogens with two attached hydrogens (primary N) is 1. The van der Waals surface area contributed by atoms with Gasteiger partial charge in [0.2, 0.25) is 0 Å². The fraction of sp³-hybridized carbons (Fsp3) is 0.600. The smallest absolute Gasteiger partial charge is 0.188 e. The van der Waals surface area contributed by atoms with E-state index in [2.05, 4.69) is 15.4 Å². The van der Waals surface area contributed by atoms with E-state index in [0.717, 1.165) is 12.1 Å². The van der Waals surface area contributed by atoms with Crippen molar-refractivity contribution in [3.8, 4) is 0 Å². The number of nitrogens with zero attached hydrogens (tertiary/aromatic N) is 3. The molecule has 15 heavy (non-hydrogen) atoms. The van der Waals surface area contributed by atoms with E-state index in [1.807, 2.05) is 31.6 Å². The minimum atomic E-state index is 0.324. The van der Waals surface area contributed by atoms with Crippen LogP contribution in [0.4, 0.5) is 0 Å². The molecule has 1 aromatic rings. The summed E-state index contributed by atoms with van der Waals surface area (Å²) < 4.78 is 1.85. The minimum absolute atomic E-state index is 0.324. The van der Waals surface area contributed by atoms with Crippen molar-refractivity contribution in [3.05, 3.63) is 18.0 Å². The summed E-state index contributed by atoms with van der Waals surface area (Å²) in [6, 6.07) is 2.31. The number of aromatic nitrogens is 2. The fourth-order valence-corrected chi connectivity index (χ4v) is 1.28. The second-order valence-corrected chi connectivity index (χ2v) is 3.76. The molecule has 1 heterocycles. The van der Waals surface area contributed by atoms with Crippen LogP contribution in [0.5, 0.6) is 0 Å². The molecule has 1 rings (SSSR count). The van der Waals surface area contributed by atoms with Gasteiger partial charge in [0, 0.05) is 37.9 Å². The van der Waals surface area contributed by atoms with Crippen molar-refractivity contribution in [1.82, 2.24) is 15.1 Å². The number of aryl methyl sites for hydroxylation is 1. The summed E-state index contributed by atoms with van der Waals surface area (Å²) in [4.78, 5) is 4.22. The second kappa shape index (κ2) is 5.38. The van der Waals surface area contributed by atoms with Gasteiger partial charge >= 0.3 is 0 Å². The van der Waals surface area contributed by atoms with E-state index in [-0.39, 0.29) is 0 Å². The first kappa shape index (κ1) is 11.6. The van der Waals surface area contributed by atoms with Crippen LogP contribution in [0.15, 0.2) is 17.3 Å². The van der Waals surface area contributed by atoms with E-state index in [4.69, 9.17) is 5.73 Å². The van der Waals surface area contributed by atoms with Crippen molar-refractivity contribution >= 4 is 5.96 Å². The molecular weight excluding hydrogens is 190 g/mol. The highest BCUT2D eigenvalue weighted by Crippen LogP contribution is 1.97. The SMILES string of the molecule is CC(C)NC(N)=NCCc1ccnn1C. The molecule has 0 aliphatic heterocycles. The van der Waals surface area contributed by atoms with E-state index < -0.39 is 0 Å². The maximum Gasteiger partial charge on any atom is 0.188 e. The molecule has 3 N–H and O–H groups in total. The Kier molecular flexibility index (Phi) is 4.15. The van der Waals surface area contributed by atoms with E-state index in [9.17, 15) is 0 Å². The zero-order valence-corrected chi connectivity index (χ0v) is 9.57. The molecule has 0 fully saturated rings. The van der Waals surface area contributed by atoms with Crippen LogP contribution in [-0.4, -0.2) is 28.3 Å². The maximum absolute atomic E-state index is 5.67. The average molecular weight is 209 g/mol. The Labute approximate surface area is 90.4 Å². The molecule has 0 aliphatic rings. The number of guanidine groups is 1. The number of aliphatic imine (C=N–C) groups is 1. The van der Waals surface area contributed by atoms with Crippen LogP contribution in [0.3, 0.4) is 0 Å². The summed E-state index contributed by atoms with van der Waals surface area (Å²) in [5.41, 5.74) is 6.83. The minimum Gasteiger partial charge on any atom is -0.370 e. The van der Waals surface area contributed by atoms with Gasteiger partial charge in [-0.25, -0.2) is 0 Å². The van der Waals surface area contributed by atoms with Crippen LogP contribution in [0.1, 0.15) is 19.5 Å². The molecule has 5 heteroatoms. The van der Waals surface area contributed by atoms with Crippen molar-refractivity contribution in [2.24, 2.45) is 17.8 Å². The Hall–Kier alpha value is -1.52. The first-order chi connectivity index (χ1) is 7.09. The van der Waals surface area contributed by atoms with Crippen LogP contribution < -0.4 is 11.1 Å². The highest BCUT2D eigenvalue weighted by molar-refractivity contribution is 5.78. The van der Waals surface area contributed by atoms with E-state index in [1.54, 1.807) is 6.20 Å². The summed E-state index contributed by atoms with van der Waals surface area (Å²) in [7, 11) is 1.93. The molecule has 0 spiro atoms. The zero-order chi connectivity index (χ0) is 11.3. The van der Waals surface area contributed by atoms with Crippen molar-refractivity contribution in [2.45, 2.75) is 26.3 Å². The molecule has 0 amide bonds. The molecule has 5 nitrogen and oxygen atoms in total. The Morgan fingerprint density at radius 1 is 1.67 bits per heavy atom. The normalized spacial score (nSPS) is 12.1. The summed E-state index contributed by atoms with van der Waals surface area (Å²) in [5, 5.41) is 7.13. The predicted molar refractivity (Wildman–Crippen MR) is 61.7 cm³/mol. The first-order valence-corrected chi connectivity index (χ1v) is 5.13. The standard InChI is InChI=1S/C10H19N5/c1-8(2)14-10(11)12-6-4-9-5-7-13-15(9)3/h5,7-8H,4,6H2,1-3H3,(H3,11,12,14). The molecule has 0 unspecified atom stereocenters. The largest absolute Gasteiger partial charge is 0.370 e. The summed E-state index contributed by atoms with van der Waals surface area (Å²) in [6.07, 6.45) is 2.64. The van der Waals surface area contributed by atoms with Crippen molar-refractivity contribution < 1.29 is 0 Å². The number of nitrogens with one attached hydrogen (secondary N) is 1. The molecule has 1 aromatic heterocycles. The van der Waals surface area contributed by atoms with Gasteiger partial charge in [0.05, 0.1) is 0 Å². The van der Waals surface area contributed by atoms with Gasteiger partial charge in [0.25, 0.3) is 0 Å². The van der Waals surface area contributed by atoms with Crippen LogP contribution in [0, 0.1) is 0 Å². The van der Waals surface area contributed by atoms with Crippen LogP contribution in [0.2, 0.25) is 0 Å². The van der Waals surface area contributed by atoms with Gasteiger partial charge in [-0.15, -0.1) is 0 Å². The van der Waals surface area contributed by atoms with Gasteiger partial charge in [0.15, 0.2) is 5.96 Å². The van der Waals surface area contributed by atoms with Crippen LogP contribution in [0.25, 0.3) is 0 Å². The first-order valence-electron chi connectivity index (χ1n) is 5.13. The van der Waals surface area contributed by atoms with Crippen molar-refractivity contribution in [3.63, 3.8) is 0 Å². The van der Waals surface area contributed by atoms with Crippen molar-refractivity contribution in [1.29, 1.82) is 0 Å². The highest BCUT2D eigenvalue weighted by Gasteiger charge is 1.98. The lowest BCUT2D eigenvalue weighted by atomic mass is 10.3. The molecule has 0 atom stereocenters. The fourth-order valence-electron chi connectivity index (χ4n) is 1.28. The quantitative estimate of drug-likeness (QED) is 0.552. The van der Waals surface area contributed by atoms with Gasteiger partial charge in [-0.05, 0) is 19.9 Å². The van der Waals surface area contributed by atoms with Crippen molar-refractivity contribution in [2.75, 3.05) is 6.54 Å². The maximum atomic E-state index is 5.67. The van der Waals surface area contributed by atoms with Crippen LogP contribution >= 0.6 is 0 Å². The third-order valence-corrected chi connectivity index (χ3v) is 2.01. The molecular formula is C10H19N5. The van der Waals surface area contributed by atoms with Gasteiger partial charge in [-0.1, -0.05) is 0 Å². The lowest BCUT2D eigenvalue weighted by Crippen LogP contribution is -2.36. The number of hydrogen-bond donors (Lipinski definition) is 2. The van der Waals surface area contributed by atoms with Gasteiger partial charge in [-0.2, -0.15) is 5.10 Å². The molecule has 0 saturated heterocycles. The molecule has 0 saturated carbocycles. The monoisotopic (exact) mass is 209 g/mol. The molecule has 0 radical (unpaired) electrons. The summed E-state index contributed by atoms with van der Waals surface area (Å²) in [6.45, 7) is 4.75. The molecule has 0 aromatic carbocycles. The topological polar surface area (TPSA) is 68.2 Å².